The van der Waals surface area contributed by atoms with Gasteiger partial charge >= 0.3 is 4.87 Å². The molecular weight excluding hydrogens is 369 g/mol. The first-order valence-corrected chi connectivity index (χ1v) is 9.86. The van der Waals surface area contributed by atoms with Crippen LogP contribution in [0, 0.1) is 12.7 Å². The van der Waals surface area contributed by atoms with Crippen LogP contribution in [0.1, 0.15) is 26.0 Å². The van der Waals surface area contributed by atoms with Gasteiger partial charge in [-0.1, -0.05) is 11.3 Å². The van der Waals surface area contributed by atoms with Crippen LogP contribution in [0.2, 0.25) is 0 Å². The molecule has 1 N–H and O–H groups in total. The minimum Gasteiger partial charge on any atom is -0.372 e. The van der Waals surface area contributed by atoms with Crippen LogP contribution in [-0.4, -0.2) is 35.8 Å². The van der Waals surface area contributed by atoms with Crippen molar-refractivity contribution >= 4 is 28.6 Å². The quantitative estimate of drug-likeness (QED) is 0.848. The largest absolute Gasteiger partial charge is 0.372 e. The number of carbonyl (C=O) groups excluding carboxylic acids is 1. The number of amides is 1. The molecule has 1 aliphatic rings. The topological polar surface area (TPSA) is 63.6 Å². The minimum absolute atomic E-state index is 0.0384. The predicted octanol–water partition coefficient (Wildman–Crippen LogP) is 3.00. The molecule has 1 saturated heterocycles. The van der Waals surface area contributed by atoms with Gasteiger partial charge in [-0.05, 0) is 39.0 Å². The molecule has 1 aromatic carbocycles. The number of thiazole rings is 1. The maximum atomic E-state index is 14.6. The van der Waals surface area contributed by atoms with Gasteiger partial charge in [-0.15, -0.1) is 0 Å². The molecule has 0 saturated carbocycles. The highest BCUT2D eigenvalue weighted by molar-refractivity contribution is 7.07. The van der Waals surface area contributed by atoms with Gasteiger partial charge < -0.3 is 19.5 Å². The number of hydrogen-bond donors (Lipinski definition) is 1. The van der Waals surface area contributed by atoms with Crippen LogP contribution in [0.5, 0.6) is 0 Å². The van der Waals surface area contributed by atoms with E-state index in [1.54, 1.807) is 22.1 Å². The van der Waals surface area contributed by atoms with Gasteiger partial charge in [0.25, 0.3) is 0 Å². The van der Waals surface area contributed by atoms with E-state index < -0.39 is 0 Å². The van der Waals surface area contributed by atoms with Crippen molar-refractivity contribution in [2.75, 3.05) is 23.3 Å². The summed E-state index contributed by atoms with van der Waals surface area (Å²) in [4.78, 5) is 25.7. The highest BCUT2D eigenvalue weighted by atomic mass is 32.1. The Morgan fingerprint density at radius 2 is 2.04 bits per heavy atom. The Morgan fingerprint density at radius 3 is 2.63 bits per heavy atom. The maximum Gasteiger partial charge on any atom is 0.307 e. The summed E-state index contributed by atoms with van der Waals surface area (Å²) in [6, 6.07) is 4.71. The van der Waals surface area contributed by atoms with Crippen LogP contribution in [0.25, 0.3) is 0 Å². The molecule has 3 rings (SSSR count). The van der Waals surface area contributed by atoms with Crippen molar-refractivity contribution in [3.05, 3.63) is 44.8 Å². The second kappa shape index (κ2) is 8.22. The number of halogens is 1. The molecule has 6 nitrogen and oxygen atoms in total. The number of aryl methyl sites for hydroxylation is 1. The molecule has 146 valence electrons. The van der Waals surface area contributed by atoms with Gasteiger partial charge in [0.15, 0.2) is 0 Å². The summed E-state index contributed by atoms with van der Waals surface area (Å²) >= 11 is 1.12. The zero-order chi connectivity index (χ0) is 19.6. The number of aromatic nitrogens is 1. The summed E-state index contributed by atoms with van der Waals surface area (Å²) in [5.74, 6) is -0.632. The number of hydrogen-bond acceptors (Lipinski definition) is 5. The summed E-state index contributed by atoms with van der Waals surface area (Å²) in [5, 5.41) is 4.46. The Labute approximate surface area is 161 Å². The number of benzene rings is 1. The number of ether oxygens (including phenoxy) is 1. The van der Waals surface area contributed by atoms with Crippen molar-refractivity contribution < 1.29 is 13.9 Å². The first-order chi connectivity index (χ1) is 12.8. The lowest BCUT2D eigenvalue weighted by Gasteiger charge is -2.37. The van der Waals surface area contributed by atoms with E-state index >= 15 is 0 Å². The number of nitrogens with zero attached hydrogens (tertiary/aromatic N) is 2. The van der Waals surface area contributed by atoms with E-state index in [1.807, 2.05) is 25.7 Å². The predicted molar refractivity (Wildman–Crippen MR) is 105 cm³/mol. The van der Waals surface area contributed by atoms with E-state index in [9.17, 15) is 14.0 Å². The molecule has 1 aliphatic heterocycles. The zero-order valence-corrected chi connectivity index (χ0v) is 16.5. The lowest BCUT2D eigenvalue weighted by molar-refractivity contribution is -0.116. The van der Waals surface area contributed by atoms with Crippen LogP contribution >= 0.6 is 11.3 Å². The van der Waals surface area contributed by atoms with Crippen LogP contribution in [0.4, 0.5) is 15.8 Å². The van der Waals surface area contributed by atoms with Gasteiger partial charge in [0.2, 0.25) is 5.91 Å². The Hall–Kier alpha value is -2.19. The number of nitrogens with one attached hydrogen (secondary N) is 1. The molecule has 27 heavy (non-hydrogen) atoms. The lowest BCUT2D eigenvalue weighted by atomic mass is 10.2. The van der Waals surface area contributed by atoms with E-state index in [-0.39, 0.29) is 35.2 Å². The Morgan fingerprint density at radius 1 is 1.33 bits per heavy atom. The van der Waals surface area contributed by atoms with Gasteiger partial charge in [0, 0.05) is 42.8 Å². The molecule has 1 amide bonds. The third kappa shape index (κ3) is 4.75. The summed E-state index contributed by atoms with van der Waals surface area (Å²) in [6.45, 7) is 7.33. The van der Waals surface area contributed by atoms with Crippen molar-refractivity contribution in [1.29, 1.82) is 0 Å². The van der Waals surface area contributed by atoms with Crippen molar-refractivity contribution in [2.45, 2.75) is 45.9 Å². The molecule has 0 bridgehead atoms. The highest BCUT2D eigenvalue weighted by Gasteiger charge is 2.24. The average molecular weight is 393 g/mol. The third-order valence-electron chi connectivity index (χ3n) is 4.53. The summed E-state index contributed by atoms with van der Waals surface area (Å²) < 4.78 is 21.8. The van der Waals surface area contributed by atoms with Crippen LogP contribution < -0.4 is 15.1 Å². The molecule has 1 aromatic heterocycles. The number of rotatable bonds is 5. The normalized spacial score (nSPS) is 19.9. The molecular formula is C19H24FN3O3S. The smallest absolute Gasteiger partial charge is 0.307 e. The van der Waals surface area contributed by atoms with Crippen molar-refractivity contribution in [2.24, 2.45) is 0 Å². The third-order valence-corrected chi connectivity index (χ3v) is 5.41. The fraction of sp³-hybridized carbons (Fsp3) is 0.474. The van der Waals surface area contributed by atoms with Crippen LogP contribution in [0.3, 0.4) is 0 Å². The van der Waals surface area contributed by atoms with Gasteiger partial charge in [-0.3, -0.25) is 9.59 Å². The number of morpholine rings is 1. The molecule has 0 radical (unpaired) electrons. The Bertz CT molecular complexity index is 869. The summed E-state index contributed by atoms with van der Waals surface area (Å²) in [7, 11) is 0. The van der Waals surface area contributed by atoms with Gasteiger partial charge in [0.05, 0.1) is 17.9 Å². The average Bonchev–Trinajstić information content (AvgIpc) is 2.90. The summed E-state index contributed by atoms with van der Waals surface area (Å²) in [6.07, 6.45) is 0.229. The standard InChI is InChI=1S/C19H24FN3O3S/c1-12-11-27-19(25)23(12)7-6-18(24)21-15-4-5-17(16(20)8-15)22-9-13(2)26-14(3)10-22/h4-5,8,11,13-14H,6-7,9-10H2,1-3H3,(H,21,24). The molecule has 2 heterocycles. The van der Waals surface area contributed by atoms with E-state index in [1.165, 1.54) is 6.07 Å². The highest BCUT2D eigenvalue weighted by Crippen LogP contribution is 2.26. The number of anilines is 2. The van der Waals surface area contributed by atoms with Crippen LogP contribution in [0.15, 0.2) is 28.4 Å². The molecule has 0 spiro atoms. The van der Waals surface area contributed by atoms with Gasteiger partial charge in [-0.25, -0.2) is 4.39 Å². The zero-order valence-electron chi connectivity index (χ0n) is 15.7. The van der Waals surface area contributed by atoms with E-state index in [4.69, 9.17) is 4.74 Å². The fourth-order valence-corrected chi connectivity index (χ4v) is 4.09. The number of carbonyl (C=O) groups is 1. The molecule has 2 atom stereocenters. The van der Waals surface area contributed by atoms with E-state index in [0.717, 1.165) is 17.0 Å². The Balaban J connectivity index is 1.62. The fourth-order valence-electron chi connectivity index (χ4n) is 3.33. The van der Waals surface area contributed by atoms with Crippen molar-refractivity contribution in [1.82, 2.24) is 4.57 Å². The van der Waals surface area contributed by atoms with Gasteiger partial charge in [-0.2, -0.15) is 0 Å². The molecule has 8 heteroatoms. The SMILES string of the molecule is Cc1csc(=O)n1CCC(=O)Nc1ccc(N2CC(C)OC(C)C2)c(F)c1. The minimum atomic E-state index is -0.376. The van der Waals surface area contributed by atoms with Crippen molar-refractivity contribution in [3.63, 3.8) is 0 Å². The van der Waals surface area contributed by atoms with E-state index in [0.29, 0.717) is 31.0 Å². The molecule has 2 aromatic rings. The molecule has 2 unspecified atom stereocenters. The molecule has 0 aliphatic carbocycles. The Kier molecular flexibility index (Phi) is 5.96. The summed E-state index contributed by atoms with van der Waals surface area (Å²) in [5.41, 5.74) is 1.75. The lowest BCUT2D eigenvalue weighted by Crippen LogP contribution is -2.45. The first-order valence-electron chi connectivity index (χ1n) is 8.98. The second-order valence-electron chi connectivity index (χ2n) is 6.92. The first kappa shape index (κ1) is 19.6. The second-order valence-corrected chi connectivity index (χ2v) is 7.74. The maximum absolute atomic E-state index is 14.6. The molecule has 1 fully saturated rings. The van der Waals surface area contributed by atoms with Crippen LogP contribution in [-0.2, 0) is 16.1 Å². The van der Waals surface area contributed by atoms with Gasteiger partial charge in [0.1, 0.15) is 5.82 Å². The monoisotopic (exact) mass is 393 g/mol. The van der Waals surface area contributed by atoms with Crippen molar-refractivity contribution in [3.8, 4) is 0 Å². The van der Waals surface area contributed by atoms with E-state index in [2.05, 4.69) is 5.32 Å².